The Kier molecular flexibility index (Phi) is 5.47. The number of imidazole rings is 1. The van der Waals surface area contributed by atoms with Gasteiger partial charge in [0.05, 0.1) is 0 Å². The first-order valence-corrected chi connectivity index (χ1v) is 5.75. The highest BCUT2D eigenvalue weighted by Crippen LogP contribution is 2.22. The van der Waals surface area contributed by atoms with Gasteiger partial charge in [-0.25, -0.2) is 4.98 Å². The van der Waals surface area contributed by atoms with Gasteiger partial charge in [0.15, 0.2) is 5.15 Å². The number of rotatable bonds is 6. The molecule has 0 bridgehead atoms. The summed E-state index contributed by atoms with van der Waals surface area (Å²) >= 11 is 11.7. The molecule has 0 saturated carbocycles. The van der Waals surface area contributed by atoms with E-state index in [2.05, 4.69) is 16.9 Å². The fourth-order valence-electron chi connectivity index (χ4n) is 1.12. The van der Waals surface area contributed by atoms with Crippen LogP contribution in [0.15, 0.2) is 12.7 Å². The summed E-state index contributed by atoms with van der Waals surface area (Å²) in [5.74, 6) is -0.256. The lowest BCUT2D eigenvalue weighted by Gasteiger charge is -2.08. The zero-order valence-electron chi connectivity index (χ0n) is 9.37. The maximum atomic E-state index is 11.7. The lowest BCUT2D eigenvalue weighted by molar-refractivity contribution is 0.0791. The van der Waals surface area contributed by atoms with Gasteiger partial charge in [-0.05, 0) is 6.92 Å². The van der Waals surface area contributed by atoms with Crippen LogP contribution in [0, 0.1) is 0 Å². The van der Waals surface area contributed by atoms with Gasteiger partial charge in [0.1, 0.15) is 11.9 Å². The first-order chi connectivity index (χ1) is 8.11. The Bertz CT molecular complexity index is 418. The van der Waals surface area contributed by atoms with Gasteiger partial charge in [-0.3, -0.25) is 9.36 Å². The number of nitrogens with one attached hydrogen (secondary N) is 1. The van der Waals surface area contributed by atoms with Crippen LogP contribution in [0.25, 0.3) is 0 Å². The molecule has 1 rings (SSSR count). The Morgan fingerprint density at radius 2 is 2.35 bits per heavy atom. The van der Waals surface area contributed by atoms with Crippen molar-refractivity contribution in [1.82, 2.24) is 14.9 Å². The summed E-state index contributed by atoms with van der Waals surface area (Å²) in [4.78, 5) is 15.6. The van der Waals surface area contributed by atoms with Crippen LogP contribution >= 0.6 is 23.2 Å². The number of halogens is 2. The highest BCUT2D eigenvalue weighted by atomic mass is 35.5. The minimum Gasteiger partial charge on any atom is -0.361 e. The van der Waals surface area contributed by atoms with Gasteiger partial charge in [-0.1, -0.05) is 29.3 Å². The largest absolute Gasteiger partial charge is 0.361 e. The summed E-state index contributed by atoms with van der Waals surface area (Å²) < 4.78 is 6.60. The molecule has 5 nitrogen and oxygen atoms in total. The third-order valence-electron chi connectivity index (χ3n) is 1.90. The van der Waals surface area contributed by atoms with Crippen LogP contribution in [-0.2, 0) is 11.5 Å². The third kappa shape index (κ3) is 3.46. The van der Waals surface area contributed by atoms with Crippen molar-refractivity contribution in [2.75, 3.05) is 13.2 Å². The molecule has 0 aromatic carbocycles. The monoisotopic (exact) mass is 277 g/mol. The Hall–Kier alpha value is -1.04. The minimum absolute atomic E-state index is 0.0788. The van der Waals surface area contributed by atoms with Crippen molar-refractivity contribution < 1.29 is 9.53 Å². The Morgan fingerprint density at radius 3 is 2.94 bits per heavy atom. The van der Waals surface area contributed by atoms with Crippen LogP contribution < -0.4 is 5.32 Å². The molecule has 1 heterocycles. The van der Waals surface area contributed by atoms with Crippen molar-refractivity contribution in [3.63, 3.8) is 0 Å². The van der Waals surface area contributed by atoms with E-state index in [9.17, 15) is 4.79 Å². The SMILES string of the molecule is C=CCNC(=O)c1nc(Cl)c(Cl)n1COCC. The minimum atomic E-state index is -0.376. The topological polar surface area (TPSA) is 56.2 Å². The fourth-order valence-corrected chi connectivity index (χ4v) is 1.47. The van der Waals surface area contributed by atoms with Gasteiger partial charge in [0, 0.05) is 13.2 Å². The summed E-state index contributed by atoms with van der Waals surface area (Å²) in [7, 11) is 0. The average Bonchev–Trinajstić information content (AvgIpc) is 2.60. The molecule has 0 spiro atoms. The Morgan fingerprint density at radius 1 is 1.65 bits per heavy atom. The molecule has 0 aliphatic carbocycles. The second kappa shape index (κ2) is 6.64. The predicted molar refractivity (Wildman–Crippen MR) is 66.4 cm³/mol. The van der Waals surface area contributed by atoms with Crippen molar-refractivity contribution in [3.05, 3.63) is 28.8 Å². The van der Waals surface area contributed by atoms with Gasteiger partial charge in [-0.15, -0.1) is 6.58 Å². The molecular weight excluding hydrogens is 265 g/mol. The molecule has 1 N–H and O–H groups in total. The number of hydrogen-bond donors (Lipinski definition) is 1. The maximum absolute atomic E-state index is 11.7. The van der Waals surface area contributed by atoms with E-state index in [0.717, 1.165) is 0 Å². The van der Waals surface area contributed by atoms with E-state index in [4.69, 9.17) is 27.9 Å². The van der Waals surface area contributed by atoms with Crippen molar-refractivity contribution in [3.8, 4) is 0 Å². The molecule has 0 saturated heterocycles. The van der Waals surface area contributed by atoms with Crippen molar-refractivity contribution in [2.24, 2.45) is 0 Å². The lowest BCUT2D eigenvalue weighted by Crippen LogP contribution is -2.27. The third-order valence-corrected chi connectivity index (χ3v) is 2.64. The molecule has 0 fully saturated rings. The number of carbonyl (C=O) groups is 1. The predicted octanol–water partition coefficient (Wildman–Crippen LogP) is 2.10. The molecule has 0 atom stereocenters. The van der Waals surface area contributed by atoms with Crippen LogP contribution in [0.4, 0.5) is 0 Å². The van der Waals surface area contributed by atoms with E-state index in [1.165, 1.54) is 4.57 Å². The second-order valence-corrected chi connectivity index (χ2v) is 3.78. The smallest absolute Gasteiger partial charge is 0.287 e. The first kappa shape index (κ1) is 14.0. The van der Waals surface area contributed by atoms with Gasteiger partial charge in [-0.2, -0.15) is 0 Å². The van der Waals surface area contributed by atoms with Crippen molar-refractivity contribution in [1.29, 1.82) is 0 Å². The standard InChI is InChI=1S/C10H13Cl2N3O2/c1-3-5-13-10(16)9-14-7(11)8(12)15(9)6-17-4-2/h3H,1,4-6H2,2H3,(H,13,16). The highest BCUT2D eigenvalue weighted by Gasteiger charge is 2.19. The number of hydrogen-bond acceptors (Lipinski definition) is 3. The van der Waals surface area contributed by atoms with Crippen LogP contribution in [0.1, 0.15) is 17.5 Å². The molecule has 0 aliphatic heterocycles. The summed E-state index contributed by atoms with van der Waals surface area (Å²) in [6.45, 7) is 6.31. The quantitative estimate of drug-likeness (QED) is 0.811. The number of ether oxygens (including phenoxy) is 1. The zero-order chi connectivity index (χ0) is 12.8. The van der Waals surface area contributed by atoms with Gasteiger partial charge >= 0.3 is 0 Å². The first-order valence-electron chi connectivity index (χ1n) is 5.00. The normalized spacial score (nSPS) is 10.3. The van der Waals surface area contributed by atoms with Crippen molar-refractivity contribution >= 4 is 29.1 Å². The van der Waals surface area contributed by atoms with E-state index in [1.54, 1.807) is 6.08 Å². The molecule has 0 aliphatic rings. The van der Waals surface area contributed by atoms with Crippen LogP contribution in [0.3, 0.4) is 0 Å². The lowest BCUT2D eigenvalue weighted by atomic mass is 10.5. The molecule has 1 amide bonds. The Labute approximate surface area is 109 Å². The van der Waals surface area contributed by atoms with E-state index in [-0.39, 0.29) is 28.8 Å². The number of nitrogens with zero attached hydrogens (tertiary/aromatic N) is 2. The molecule has 1 aromatic rings. The fraction of sp³-hybridized carbons (Fsp3) is 0.400. The number of amides is 1. The number of carbonyl (C=O) groups excluding carboxylic acids is 1. The van der Waals surface area contributed by atoms with Gasteiger partial charge in [0.2, 0.25) is 5.82 Å². The van der Waals surface area contributed by atoms with Gasteiger partial charge < -0.3 is 10.1 Å². The van der Waals surface area contributed by atoms with Crippen LogP contribution in [0.5, 0.6) is 0 Å². The van der Waals surface area contributed by atoms with E-state index < -0.39 is 0 Å². The van der Waals surface area contributed by atoms with E-state index in [1.807, 2.05) is 6.92 Å². The molecular formula is C10H13Cl2N3O2. The zero-order valence-corrected chi connectivity index (χ0v) is 10.9. The van der Waals surface area contributed by atoms with E-state index in [0.29, 0.717) is 13.2 Å². The summed E-state index contributed by atoms with van der Waals surface area (Å²) in [6, 6.07) is 0. The van der Waals surface area contributed by atoms with Crippen LogP contribution in [-0.4, -0.2) is 28.6 Å². The summed E-state index contributed by atoms with van der Waals surface area (Å²) in [5, 5.41) is 2.86. The molecule has 17 heavy (non-hydrogen) atoms. The molecule has 1 aromatic heterocycles. The van der Waals surface area contributed by atoms with Crippen molar-refractivity contribution in [2.45, 2.75) is 13.7 Å². The number of aromatic nitrogens is 2. The summed E-state index contributed by atoms with van der Waals surface area (Å²) in [6.07, 6.45) is 1.57. The van der Waals surface area contributed by atoms with Gasteiger partial charge in [0.25, 0.3) is 5.91 Å². The maximum Gasteiger partial charge on any atom is 0.287 e. The molecule has 0 unspecified atom stereocenters. The second-order valence-electron chi connectivity index (χ2n) is 3.07. The Balaban J connectivity index is 2.93. The molecule has 94 valence electrons. The average molecular weight is 278 g/mol. The molecule has 0 radical (unpaired) electrons. The van der Waals surface area contributed by atoms with Crippen LogP contribution in [0.2, 0.25) is 10.3 Å². The van der Waals surface area contributed by atoms with E-state index >= 15 is 0 Å². The molecule has 7 heteroatoms. The highest BCUT2D eigenvalue weighted by molar-refractivity contribution is 6.40. The summed E-state index contributed by atoms with van der Waals surface area (Å²) in [5.41, 5.74) is 0.